The summed E-state index contributed by atoms with van der Waals surface area (Å²) in [6.45, 7) is 2.35. The van der Waals surface area contributed by atoms with Gasteiger partial charge in [-0.3, -0.25) is 4.79 Å². The molecule has 1 amide bonds. The molecule has 0 atom stereocenters. The largest absolute Gasteiger partial charge is 0.389 e. The van der Waals surface area contributed by atoms with Gasteiger partial charge in [-0.1, -0.05) is 24.4 Å². The minimum absolute atomic E-state index is 0.163. The molecule has 1 aromatic carbocycles. The number of nitrogens with zero attached hydrogens (tertiary/aromatic N) is 1. The Hall–Kier alpha value is -1.79. The number of thiocarbonyl (C=S) groups is 1. The van der Waals surface area contributed by atoms with Crippen LogP contribution < -0.4 is 11.1 Å². The van der Waals surface area contributed by atoms with E-state index in [-0.39, 0.29) is 10.9 Å². The first kappa shape index (κ1) is 13.6. The summed E-state index contributed by atoms with van der Waals surface area (Å²) >= 11 is 6.45. The maximum Gasteiger partial charge on any atom is 0.251 e. The van der Waals surface area contributed by atoms with Crippen molar-refractivity contribution in [2.75, 3.05) is 0 Å². The standard InChI is InChI=1S/C13H13N3OS2/c1-8-16-11(7-19-8)6-15-13(17)10-4-2-3-9(5-10)12(14)18/h2-5,7H,6H2,1H3,(H2,14,18)(H,15,17). The van der Waals surface area contributed by atoms with Crippen molar-refractivity contribution < 1.29 is 4.79 Å². The average molecular weight is 291 g/mol. The zero-order chi connectivity index (χ0) is 13.8. The van der Waals surface area contributed by atoms with Gasteiger partial charge < -0.3 is 11.1 Å². The molecule has 0 aliphatic carbocycles. The predicted octanol–water partition coefficient (Wildman–Crippen LogP) is 2.02. The minimum atomic E-state index is -0.163. The van der Waals surface area contributed by atoms with Gasteiger partial charge in [-0.05, 0) is 19.1 Å². The van der Waals surface area contributed by atoms with Gasteiger partial charge in [0, 0.05) is 16.5 Å². The first-order valence-electron chi connectivity index (χ1n) is 5.65. The highest BCUT2D eigenvalue weighted by Gasteiger charge is 2.07. The number of hydrogen-bond acceptors (Lipinski definition) is 4. The number of nitrogens with one attached hydrogen (secondary N) is 1. The minimum Gasteiger partial charge on any atom is -0.389 e. The second-order valence-electron chi connectivity index (χ2n) is 3.99. The van der Waals surface area contributed by atoms with E-state index in [0.717, 1.165) is 10.7 Å². The van der Waals surface area contributed by atoms with Crippen molar-refractivity contribution in [3.8, 4) is 0 Å². The Bertz CT molecular complexity index is 622. The Balaban J connectivity index is 2.03. The topological polar surface area (TPSA) is 68.0 Å². The van der Waals surface area contributed by atoms with Crippen LogP contribution in [0, 0.1) is 6.92 Å². The molecule has 4 nitrogen and oxygen atoms in total. The maximum atomic E-state index is 12.0. The summed E-state index contributed by atoms with van der Waals surface area (Å²) in [5.74, 6) is -0.163. The Morgan fingerprint density at radius 1 is 1.47 bits per heavy atom. The number of nitrogens with two attached hydrogens (primary N) is 1. The van der Waals surface area contributed by atoms with Crippen LogP contribution in [0.4, 0.5) is 0 Å². The van der Waals surface area contributed by atoms with Crippen LogP contribution in [-0.4, -0.2) is 15.9 Å². The van der Waals surface area contributed by atoms with Gasteiger partial charge in [0.25, 0.3) is 5.91 Å². The van der Waals surface area contributed by atoms with Gasteiger partial charge >= 0.3 is 0 Å². The fraction of sp³-hybridized carbons (Fsp3) is 0.154. The van der Waals surface area contributed by atoms with Crippen LogP contribution in [0.25, 0.3) is 0 Å². The molecule has 0 saturated carbocycles. The maximum absolute atomic E-state index is 12.0. The van der Waals surface area contributed by atoms with Crippen LogP contribution in [0.2, 0.25) is 0 Å². The lowest BCUT2D eigenvalue weighted by atomic mass is 10.1. The highest BCUT2D eigenvalue weighted by atomic mass is 32.1. The molecule has 2 rings (SSSR count). The third kappa shape index (κ3) is 3.59. The van der Waals surface area contributed by atoms with Crippen molar-refractivity contribution >= 4 is 34.5 Å². The monoisotopic (exact) mass is 291 g/mol. The average Bonchev–Trinajstić information content (AvgIpc) is 2.82. The summed E-state index contributed by atoms with van der Waals surface area (Å²) in [5.41, 5.74) is 7.63. The van der Waals surface area contributed by atoms with Crippen LogP contribution in [0.5, 0.6) is 0 Å². The van der Waals surface area contributed by atoms with Crippen molar-refractivity contribution in [2.45, 2.75) is 13.5 Å². The lowest BCUT2D eigenvalue weighted by Crippen LogP contribution is -2.23. The second kappa shape index (κ2) is 5.90. The highest BCUT2D eigenvalue weighted by Crippen LogP contribution is 2.09. The predicted molar refractivity (Wildman–Crippen MR) is 80.4 cm³/mol. The Labute approximate surface area is 120 Å². The van der Waals surface area contributed by atoms with Crippen LogP contribution in [0.15, 0.2) is 29.6 Å². The van der Waals surface area contributed by atoms with Crippen LogP contribution in [0.1, 0.15) is 26.6 Å². The van der Waals surface area contributed by atoms with E-state index in [4.69, 9.17) is 18.0 Å². The number of aryl methyl sites for hydroxylation is 1. The molecule has 6 heteroatoms. The van der Waals surface area contributed by atoms with Gasteiger partial charge in [-0.15, -0.1) is 11.3 Å². The Morgan fingerprint density at radius 3 is 2.84 bits per heavy atom. The van der Waals surface area contributed by atoms with Crippen LogP contribution >= 0.6 is 23.6 Å². The van der Waals surface area contributed by atoms with Gasteiger partial charge in [0.2, 0.25) is 0 Å². The molecular formula is C13H13N3OS2. The van der Waals surface area contributed by atoms with E-state index in [1.165, 1.54) is 0 Å². The highest BCUT2D eigenvalue weighted by molar-refractivity contribution is 7.80. The van der Waals surface area contributed by atoms with E-state index in [1.54, 1.807) is 35.6 Å². The van der Waals surface area contributed by atoms with E-state index in [0.29, 0.717) is 17.7 Å². The molecule has 0 aliphatic rings. The molecule has 0 spiro atoms. The fourth-order valence-electron chi connectivity index (χ4n) is 1.58. The first-order chi connectivity index (χ1) is 9.06. The molecule has 1 aromatic heterocycles. The third-order valence-electron chi connectivity index (χ3n) is 2.51. The molecule has 0 radical (unpaired) electrons. The van der Waals surface area contributed by atoms with Crippen molar-refractivity contribution in [2.24, 2.45) is 5.73 Å². The molecule has 0 unspecified atom stereocenters. The zero-order valence-electron chi connectivity index (χ0n) is 10.3. The summed E-state index contributed by atoms with van der Waals surface area (Å²) in [5, 5.41) is 5.73. The third-order valence-corrected chi connectivity index (χ3v) is 3.56. The van der Waals surface area contributed by atoms with Gasteiger partial charge in [-0.2, -0.15) is 0 Å². The number of rotatable bonds is 4. The summed E-state index contributed by atoms with van der Waals surface area (Å²) in [6, 6.07) is 6.95. The van der Waals surface area contributed by atoms with Gasteiger partial charge in [0.1, 0.15) is 4.99 Å². The zero-order valence-corrected chi connectivity index (χ0v) is 12.0. The van der Waals surface area contributed by atoms with Crippen molar-refractivity contribution in [1.82, 2.24) is 10.3 Å². The van der Waals surface area contributed by atoms with Crippen molar-refractivity contribution in [3.05, 3.63) is 51.5 Å². The van der Waals surface area contributed by atoms with Crippen molar-refractivity contribution in [3.63, 3.8) is 0 Å². The number of benzene rings is 1. The quantitative estimate of drug-likeness (QED) is 0.846. The molecule has 2 aromatic rings. The molecular weight excluding hydrogens is 278 g/mol. The molecule has 19 heavy (non-hydrogen) atoms. The number of hydrogen-bond donors (Lipinski definition) is 2. The van der Waals surface area contributed by atoms with E-state index >= 15 is 0 Å². The first-order valence-corrected chi connectivity index (χ1v) is 6.94. The van der Waals surface area contributed by atoms with E-state index in [1.807, 2.05) is 12.3 Å². The number of carbonyl (C=O) groups is 1. The molecule has 3 N–H and O–H groups in total. The number of carbonyl (C=O) groups excluding carboxylic acids is 1. The number of aromatic nitrogens is 1. The fourth-order valence-corrected chi connectivity index (χ4v) is 2.32. The lowest BCUT2D eigenvalue weighted by molar-refractivity contribution is 0.0950. The Morgan fingerprint density at radius 2 is 2.21 bits per heavy atom. The lowest BCUT2D eigenvalue weighted by Gasteiger charge is -2.05. The summed E-state index contributed by atoms with van der Waals surface area (Å²) in [6.07, 6.45) is 0. The Kier molecular flexibility index (Phi) is 4.24. The van der Waals surface area contributed by atoms with E-state index < -0.39 is 0 Å². The van der Waals surface area contributed by atoms with Gasteiger partial charge in [0.05, 0.1) is 17.2 Å². The molecule has 0 aliphatic heterocycles. The molecule has 0 bridgehead atoms. The molecule has 0 saturated heterocycles. The number of thiazole rings is 1. The smallest absolute Gasteiger partial charge is 0.251 e. The van der Waals surface area contributed by atoms with Gasteiger partial charge in [-0.25, -0.2) is 4.98 Å². The van der Waals surface area contributed by atoms with Crippen LogP contribution in [0.3, 0.4) is 0 Å². The summed E-state index contributed by atoms with van der Waals surface area (Å²) < 4.78 is 0. The number of amides is 1. The molecule has 1 heterocycles. The normalized spacial score (nSPS) is 10.2. The van der Waals surface area contributed by atoms with E-state index in [9.17, 15) is 4.79 Å². The SMILES string of the molecule is Cc1nc(CNC(=O)c2cccc(C(N)=S)c2)cs1. The summed E-state index contributed by atoms with van der Waals surface area (Å²) in [7, 11) is 0. The summed E-state index contributed by atoms with van der Waals surface area (Å²) in [4.78, 5) is 16.5. The van der Waals surface area contributed by atoms with Gasteiger partial charge in [0.15, 0.2) is 0 Å². The molecule has 0 fully saturated rings. The van der Waals surface area contributed by atoms with E-state index in [2.05, 4.69) is 10.3 Å². The van der Waals surface area contributed by atoms with Crippen molar-refractivity contribution in [1.29, 1.82) is 0 Å². The van der Waals surface area contributed by atoms with Crippen LogP contribution in [-0.2, 0) is 6.54 Å². The molecule has 98 valence electrons. The second-order valence-corrected chi connectivity index (χ2v) is 5.49.